The van der Waals surface area contributed by atoms with Gasteiger partial charge in [-0.3, -0.25) is 4.57 Å². The zero-order valence-corrected chi connectivity index (χ0v) is 20.3. The van der Waals surface area contributed by atoms with Crippen molar-refractivity contribution in [3.8, 4) is 28.3 Å². The van der Waals surface area contributed by atoms with Crippen molar-refractivity contribution in [2.45, 2.75) is 39.3 Å². The van der Waals surface area contributed by atoms with E-state index < -0.39 is 0 Å². The maximum atomic E-state index is 13.5. The summed E-state index contributed by atoms with van der Waals surface area (Å²) < 4.78 is 17.8. The molecule has 35 heavy (non-hydrogen) atoms. The zero-order chi connectivity index (χ0) is 23.9. The summed E-state index contributed by atoms with van der Waals surface area (Å²) in [7, 11) is 0. The van der Waals surface area contributed by atoms with Crippen LogP contribution in [0.2, 0.25) is 0 Å². The molecule has 0 bridgehead atoms. The number of rotatable bonds is 6. The van der Waals surface area contributed by atoms with E-state index >= 15 is 0 Å². The first-order valence-electron chi connectivity index (χ1n) is 12.6. The van der Waals surface area contributed by atoms with Crippen molar-refractivity contribution in [1.29, 1.82) is 0 Å². The number of anilines is 1. The average Bonchev–Trinajstić information content (AvgIpc) is 3.62. The molecule has 180 valence electrons. The fourth-order valence-corrected chi connectivity index (χ4v) is 5.19. The molecule has 0 aliphatic carbocycles. The topological polar surface area (TPSA) is 50.9 Å². The molecule has 6 nitrogen and oxygen atoms in total. The molecule has 1 aromatic carbocycles. The molecule has 2 atom stereocenters. The van der Waals surface area contributed by atoms with Crippen LogP contribution in [-0.4, -0.2) is 44.8 Å². The van der Waals surface area contributed by atoms with Crippen molar-refractivity contribution < 1.29 is 4.39 Å². The lowest BCUT2D eigenvalue weighted by Gasteiger charge is -2.20. The summed E-state index contributed by atoms with van der Waals surface area (Å²) in [6.07, 6.45) is 8.31. The van der Waals surface area contributed by atoms with Crippen LogP contribution in [-0.2, 0) is 6.54 Å². The number of hydrogen-bond donors (Lipinski definition) is 1. The second-order valence-electron chi connectivity index (χ2n) is 9.82. The third-order valence-corrected chi connectivity index (χ3v) is 7.44. The van der Waals surface area contributed by atoms with Gasteiger partial charge < -0.3 is 14.8 Å². The van der Waals surface area contributed by atoms with E-state index in [0.29, 0.717) is 18.5 Å². The molecule has 1 saturated heterocycles. The van der Waals surface area contributed by atoms with Crippen molar-refractivity contribution in [2.75, 3.05) is 24.5 Å². The lowest BCUT2D eigenvalue weighted by atomic mass is 10.1. The molecule has 0 spiro atoms. The third-order valence-electron chi connectivity index (χ3n) is 7.44. The van der Waals surface area contributed by atoms with Gasteiger partial charge in [0.2, 0.25) is 0 Å². The number of nitrogens with zero attached hydrogens (tertiary/aromatic N) is 5. The highest BCUT2D eigenvalue weighted by Crippen LogP contribution is 2.34. The van der Waals surface area contributed by atoms with E-state index in [4.69, 9.17) is 4.98 Å². The average molecular weight is 471 g/mol. The Labute approximate surface area is 205 Å². The number of hydrogen-bond acceptors (Lipinski definition) is 4. The summed E-state index contributed by atoms with van der Waals surface area (Å²) >= 11 is 0. The van der Waals surface area contributed by atoms with Gasteiger partial charge in [0.1, 0.15) is 11.6 Å². The number of pyridine rings is 1. The monoisotopic (exact) mass is 470 g/mol. The van der Waals surface area contributed by atoms with E-state index in [1.807, 2.05) is 24.5 Å². The van der Waals surface area contributed by atoms with Gasteiger partial charge in [-0.2, -0.15) is 0 Å². The smallest absolute Gasteiger partial charge is 0.161 e. The van der Waals surface area contributed by atoms with Crippen LogP contribution in [0.15, 0.2) is 61.1 Å². The fourth-order valence-electron chi connectivity index (χ4n) is 5.19. The van der Waals surface area contributed by atoms with Crippen molar-refractivity contribution in [3.05, 3.63) is 72.6 Å². The first-order valence-corrected chi connectivity index (χ1v) is 12.6. The van der Waals surface area contributed by atoms with Crippen LogP contribution in [0.25, 0.3) is 28.3 Å². The van der Waals surface area contributed by atoms with Gasteiger partial charge in [-0.05, 0) is 68.1 Å². The van der Waals surface area contributed by atoms with E-state index in [-0.39, 0.29) is 5.82 Å². The maximum absolute atomic E-state index is 13.5. The molecule has 1 fully saturated rings. The Morgan fingerprint density at radius 1 is 1.14 bits per heavy atom. The van der Waals surface area contributed by atoms with Gasteiger partial charge in [0.15, 0.2) is 5.82 Å². The van der Waals surface area contributed by atoms with Crippen LogP contribution in [0.1, 0.15) is 32.4 Å². The SMILES string of the molecule is CC[C@@H](C)NC[C@H]1CCN(c2ccc3c(n2)Cn2cc(-c4ccc(F)cc4)cc2-c2nccn2-3)C1. The predicted octanol–water partition coefficient (Wildman–Crippen LogP) is 5.12. The van der Waals surface area contributed by atoms with Crippen molar-refractivity contribution in [1.82, 2.24) is 24.4 Å². The highest BCUT2D eigenvalue weighted by molar-refractivity contribution is 5.71. The van der Waals surface area contributed by atoms with E-state index in [1.165, 1.54) is 18.6 Å². The van der Waals surface area contributed by atoms with Gasteiger partial charge in [-0.1, -0.05) is 19.1 Å². The highest BCUT2D eigenvalue weighted by atomic mass is 19.1. The van der Waals surface area contributed by atoms with E-state index in [0.717, 1.165) is 65.9 Å². The number of nitrogens with one attached hydrogen (secondary N) is 1. The molecule has 2 aliphatic rings. The van der Waals surface area contributed by atoms with Gasteiger partial charge >= 0.3 is 0 Å². The van der Waals surface area contributed by atoms with Crippen LogP contribution >= 0.6 is 0 Å². The minimum absolute atomic E-state index is 0.226. The van der Waals surface area contributed by atoms with Gasteiger partial charge in [-0.15, -0.1) is 0 Å². The van der Waals surface area contributed by atoms with Gasteiger partial charge in [0.05, 0.1) is 23.6 Å². The molecule has 1 N–H and O–H groups in total. The molecule has 3 aromatic heterocycles. The van der Waals surface area contributed by atoms with Gasteiger partial charge in [-0.25, -0.2) is 14.4 Å². The van der Waals surface area contributed by atoms with E-state index in [9.17, 15) is 4.39 Å². The zero-order valence-electron chi connectivity index (χ0n) is 20.3. The number of fused-ring (bicyclic) bond motifs is 5. The van der Waals surface area contributed by atoms with Gasteiger partial charge in [0.25, 0.3) is 0 Å². The molecule has 4 aromatic rings. The Balaban J connectivity index is 1.30. The molecular weight excluding hydrogens is 439 g/mol. The molecular formula is C28H31FN6. The summed E-state index contributed by atoms with van der Waals surface area (Å²) in [4.78, 5) is 12.2. The Hall–Kier alpha value is -3.45. The maximum Gasteiger partial charge on any atom is 0.161 e. The van der Waals surface area contributed by atoms with E-state index in [1.54, 1.807) is 0 Å². The summed E-state index contributed by atoms with van der Waals surface area (Å²) in [6.45, 7) is 8.28. The molecule has 2 aliphatic heterocycles. The Morgan fingerprint density at radius 3 is 2.83 bits per heavy atom. The quantitative estimate of drug-likeness (QED) is 0.374. The van der Waals surface area contributed by atoms with Crippen LogP contribution in [0.3, 0.4) is 0 Å². The van der Waals surface area contributed by atoms with Crippen LogP contribution in [0.4, 0.5) is 10.2 Å². The largest absolute Gasteiger partial charge is 0.356 e. The van der Waals surface area contributed by atoms with Gasteiger partial charge in [0, 0.05) is 43.3 Å². The third kappa shape index (κ3) is 4.14. The normalized spacial score (nSPS) is 17.6. The van der Waals surface area contributed by atoms with E-state index in [2.05, 4.69) is 62.6 Å². The number of imidazole rings is 1. The summed E-state index contributed by atoms with van der Waals surface area (Å²) in [6, 6.07) is 13.7. The first kappa shape index (κ1) is 22.0. The van der Waals surface area contributed by atoms with Crippen molar-refractivity contribution >= 4 is 5.82 Å². The molecule has 0 saturated carbocycles. The lowest BCUT2D eigenvalue weighted by Crippen LogP contribution is -2.32. The lowest BCUT2D eigenvalue weighted by molar-refractivity contribution is 0.456. The van der Waals surface area contributed by atoms with Crippen molar-refractivity contribution in [2.24, 2.45) is 5.92 Å². The molecule has 7 heteroatoms. The summed E-state index contributed by atoms with van der Waals surface area (Å²) in [5.74, 6) is 2.37. The Morgan fingerprint density at radius 2 is 2.00 bits per heavy atom. The molecule has 0 radical (unpaired) electrons. The molecule has 0 unspecified atom stereocenters. The Bertz CT molecular complexity index is 1340. The minimum Gasteiger partial charge on any atom is -0.356 e. The van der Waals surface area contributed by atoms with Crippen LogP contribution in [0.5, 0.6) is 0 Å². The summed E-state index contributed by atoms with van der Waals surface area (Å²) in [5.41, 5.74) is 5.17. The van der Waals surface area contributed by atoms with Crippen LogP contribution < -0.4 is 10.2 Å². The standard InChI is InChI=1S/C28H31FN6/c1-3-19(2)31-15-20-10-12-33(16-20)27-9-8-25-24(32-27)18-34-17-22(21-4-6-23(29)7-5-21)14-26(34)28-30-11-13-35(25)28/h4-9,11,13-14,17,19-20,31H,3,10,12,15-16,18H2,1-2H3/t19-,20-/m1/s1. The minimum atomic E-state index is -0.226. The van der Waals surface area contributed by atoms with Crippen LogP contribution in [0, 0.1) is 11.7 Å². The fraction of sp³-hybridized carbons (Fsp3) is 0.357. The number of aromatic nitrogens is 4. The second-order valence-corrected chi connectivity index (χ2v) is 9.82. The predicted molar refractivity (Wildman–Crippen MR) is 137 cm³/mol. The molecule has 0 amide bonds. The number of halogens is 1. The Kier molecular flexibility index (Phi) is 5.65. The first-order chi connectivity index (χ1) is 17.1. The van der Waals surface area contributed by atoms with Crippen molar-refractivity contribution in [3.63, 3.8) is 0 Å². The summed E-state index contributed by atoms with van der Waals surface area (Å²) in [5, 5.41) is 3.66. The number of benzene rings is 1. The molecule has 5 heterocycles. The molecule has 6 rings (SSSR count). The highest BCUT2D eigenvalue weighted by Gasteiger charge is 2.26. The second kappa shape index (κ2) is 8.96.